The lowest BCUT2D eigenvalue weighted by atomic mass is 9.84. The van der Waals surface area contributed by atoms with Crippen molar-refractivity contribution in [2.45, 2.75) is 67.1 Å². The zero-order valence-electron chi connectivity index (χ0n) is 11.4. The fourth-order valence-corrected chi connectivity index (χ4v) is 2.12. The SMILES string of the molecule is C.CC1CCC(C)CC1.CC1COC(C)OC1.[HH]. The van der Waals surface area contributed by atoms with Crippen LogP contribution in [0.4, 0.5) is 0 Å². The molecule has 0 radical (unpaired) electrons. The van der Waals surface area contributed by atoms with E-state index >= 15 is 0 Å². The standard InChI is InChI=1S/C8H16.C6H12O2.CH4.H2/c1-7-3-5-8(2)6-4-7;1-5-3-7-6(2)8-4-5;;/h7-8H,3-6H2,1-2H3;5-6H,3-4H2,1-2H3;1H4;1H. The highest BCUT2D eigenvalue weighted by molar-refractivity contribution is 4.65. The van der Waals surface area contributed by atoms with Crippen LogP contribution < -0.4 is 0 Å². The Hall–Kier alpha value is -0.0800. The molecule has 1 aliphatic heterocycles. The molecule has 2 rings (SSSR count). The summed E-state index contributed by atoms with van der Waals surface area (Å²) in [7, 11) is 0. The lowest BCUT2D eigenvalue weighted by Crippen LogP contribution is -2.27. The van der Waals surface area contributed by atoms with Crippen molar-refractivity contribution in [1.29, 1.82) is 0 Å². The van der Waals surface area contributed by atoms with E-state index in [0.29, 0.717) is 5.92 Å². The van der Waals surface area contributed by atoms with Crippen LogP contribution in [0.1, 0.15) is 62.2 Å². The van der Waals surface area contributed by atoms with Crippen LogP contribution in [-0.2, 0) is 9.47 Å². The fourth-order valence-electron chi connectivity index (χ4n) is 2.12. The Labute approximate surface area is 110 Å². The van der Waals surface area contributed by atoms with Gasteiger partial charge in [0.1, 0.15) is 0 Å². The first kappa shape index (κ1) is 16.9. The van der Waals surface area contributed by atoms with E-state index in [1.165, 1.54) is 25.7 Å². The molecule has 0 spiro atoms. The second-order valence-corrected chi connectivity index (χ2v) is 5.70. The van der Waals surface area contributed by atoms with E-state index in [0.717, 1.165) is 25.0 Å². The van der Waals surface area contributed by atoms with Crippen molar-refractivity contribution < 1.29 is 10.9 Å². The number of ether oxygens (including phenoxy) is 2. The van der Waals surface area contributed by atoms with Crippen molar-refractivity contribution >= 4 is 0 Å². The Morgan fingerprint density at radius 2 is 1.06 bits per heavy atom. The zero-order valence-corrected chi connectivity index (χ0v) is 11.4. The molecule has 0 N–H and O–H groups in total. The van der Waals surface area contributed by atoms with Crippen LogP contribution in [-0.4, -0.2) is 19.5 Å². The van der Waals surface area contributed by atoms with Crippen LogP contribution >= 0.6 is 0 Å². The maximum Gasteiger partial charge on any atom is 0.154 e. The van der Waals surface area contributed by atoms with Crippen molar-refractivity contribution in [3.05, 3.63) is 0 Å². The summed E-state index contributed by atoms with van der Waals surface area (Å²) in [6.45, 7) is 10.5. The second-order valence-electron chi connectivity index (χ2n) is 5.70. The molecule has 0 atom stereocenters. The molecule has 2 heteroatoms. The summed E-state index contributed by atoms with van der Waals surface area (Å²) in [5, 5.41) is 0. The van der Waals surface area contributed by atoms with Crippen molar-refractivity contribution in [3.8, 4) is 0 Å². The summed E-state index contributed by atoms with van der Waals surface area (Å²) >= 11 is 0. The molecule has 0 amide bonds. The molecule has 0 aromatic rings. The lowest BCUT2D eigenvalue weighted by Gasteiger charge is -2.24. The lowest BCUT2D eigenvalue weighted by molar-refractivity contribution is -0.187. The van der Waals surface area contributed by atoms with Crippen LogP contribution in [0.15, 0.2) is 0 Å². The van der Waals surface area contributed by atoms with Crippen LogP contribution in [0.2, 0.25) is 0 Å². The first-order valence-corrected chi connectivity index (χ1v) is 6.81. The van der Waals surface area contributed by atoms with Crippen molar-refractivity contribution in [3.63, 3.8) is 0 Å². The molecule has 1 saturated heterocycles. The van der Waals surface area contributed by atoms with Gasteiger partial charge < -0.3 is 9.47 Å². The number of hydrogen-bond donors (Lipinski definition) is 0. The van der Waals surface area contributed by atoms with Gasteiger partial charge in [0.2, 0.25) is 0 Å². The highest BCUT2D eigenvalue weighted by atomic mass is 16.7. The van der Waals surface area contributed by atoms with Gasteiger partial charge in [0.05, 0.1) is 13.2 Å². The molecule has 0 bridgehead atoms. The summed E-state index contributed by atoms with van der Waals surface area (Å²) in [5.41, 5.74) is 0. The monoisotopic (exact) mass is 246 g/mol. The second kappa shape index (κ2) is 8.93. The average molecular weight is 246 g/mol. The minimum atomic E-state index is 0. The van der Waals surface area contributed by atoms with Gasteiger partial charge in [0.15, 0.2) is 6.29 Å². The Morgan fingerprint density at radius 1 is 0.706 bits per heavy atom. The third-order valence-electron chi connectivity index (χ3n) is 3.54. The third-order valence-corrected chi connectivity index (χ3v) is 3.54. The van der Waals surface area contributed by atoms with Crippen LogP contribution in [0.25, 0.3) is 0 Å². The van der Waals surface area contributed by atoms with E-state index in [2.05, 4.69) is 20.8 Å². The summed E-state index contributed by atoms with van der Waals surface area (Å²) < 4.78 is 10.3. The normalized spacial score (nSPS) is 37.4. The van der Waals surface area contributed by atoms with Gasteiger partial charge in [-0.15, -0.1) is 0 Å². The topological polar surface area (TPSA) is 18.5 Å². The van der Waals surface area contributed by atoms with Gasteiger partial charge in [-0.3, -0.25) is 0 Å². The smallest absolute Gasteiger partial charge is 0.154 e. The molecule has 2 aliphatic rings. The molecule has 1 heterocycles. The molecule has 0 aromatic heterocycles. The Morgan fingerprint density at radius 3 is 1.35 bits per heavy atom. The summed E-state index contributed by atoms with van der Waals surface area (Å²) in [5.74, 6) is 2.61. The van der Waals surface area contributed by atoms with Crippen molar-refractivity contribution in [1.82, 2.24) is 0 Å². The van der Waals surface area contributed by atoms with Gasteiger partial charge >= 0.3 is 0 Å². The summed E-state index contributed by atoms with van der Waals surface area (Å²) in [6.07, 6.45) is 5.91. The van der Waals surface area contributed by atoms with E-state index in [4.69, 9.17) is 9.47 Å². The third kappa shape index (κ3) is 7.77. The highest BCUT2D eigenvalue weighted by Gasteiger charge is 2.14. The van der Waals surface area contributed by atoms with Crippen molar-refractivity contribution in [2.24, 2.45) is 17.8 Å². The molecular formula is C15H34O2. The van der Waals surface area contributed by atoms with E-state index in [1.807, 2.05) is 6.92 Å². The van der Waals surface area contributed by atoms with Crippen LogP contribution in [0.5, 0.6) is 0 Å². The maximum absolute atomic E-state index is 5.17. The fraction of sp³-hybridized carbons (Fsp3) is 1.00. The molecule has 1 aliphatic carbocycles. The quantitative estimate of drug-likeness (QED) is 0.615. The molecule has 17 heavy (non-hydrogen) atoms. The summed E-state index contributed by atoms with van der Waals surface area (Å²) in [4.78, 5) is 0. The van der Waals surface area contributed by atoms with E-state index in [9.17, 15) is 0 Å². The largest absolute Gasteiger partial charge is 0.353 e. The molecule has 1 saturated carbocycles. The first-order valence-electron chi connectivity index (χ1n) is 6.81. The minimum absolute atomic E-state index is 0. The maximum atomic E-state index is 5.17. The molecule has 0 unspecified atom stereocenters. The minimum Gasteiger partial charge on any atom is -0.353 e. The zero-order chi connectivity index (χ0) is 12.0. The predicted molar refractivity (Wildman–Crippen MR) is 76.2 cm³/mol. The van der Waals surface area contributed by atoms with Gasteiger partial charge in [-0.05, 0) is 18.8 Å². The first-order chi connectivity index (χ1) is 7.58. The Balaban J connectivity index is 0. The van der Waals surface area contributed by atoms with Crippen LogP contribution in [0.3, 0.4) is 0 Å². The summed E-state index contributed by atoms with van der Waals surface area (Å²) in [6, 6.07) is 0. The van der Waals surface area contributed by atoms with Gasteiger partial charge in [-0.1, -0.05) is 53.9 Å². The average Bonchev–Trinajstić information content (AvgIpc) is 2.28. The van der Waals surface area contributed by atoms with Gasteiger partial charge in [-0.25, -0.2) is 0 Å². The Kier molecular flexibility index (Phi) is 8.89. The molecule has 106 valence electrons. The highest BCUT2D eigenvalue weighted by Crippen LogP contribution is 2.27. The molecule has 0 aromatic carbocycles. The number of hydrogen-bond acceptors (Lipinski definition) is 2. The number of rotatable bonds is 0. The van der Waals surface area contributed by atoms with E-state index in [1.54, 1.807) is 0 Å². The Bertz CT molecular complexity index is 131. The van der Waals surface area contributed by atoms with E-state index < -0.39 is 0 Å². The van der Waals surface area contributed by atoms with Crippen LogP contribution in [0, 0.1) is 17.8 Å². The van der Waals surface area contributed by atoms with Gasteiger partial charge in [0, 0.05) is 7.34 Å². The van der Waals surface area contributed by atoms with E-state index in [-0.39, 0.29) is 15.1 Å². The van der Waals surface area contributed by atoms with Gasteiger partial charge in [-0.2, -0.15) is 0 Å². The molecule has 2 nitrogen and oxygen atoms in total. The van der Waals surface area contributed by atoms with Gasteiger partial charge in [0.25, 0.3) is 0 Å². The predicted octanol–water partition coefficient (Wildman–Crippen LogP) is 4.73. The molecule has 2 fully saturated rings. The van der Waals surface area contributed by atoms with Crippen molar-refractivity contribution in [2.75, 3.05) is 13.2 Å². The molecular weight excluding hydrogens is 212 g/mol.